The summed E-state index contributed by atoms with van der Waals surface area (Å²) in [6.45, 7) is 6.69. The topological polar surface area (TPSA) is 59.8 Å². The van der Waals surface area contributed by atoms with Gasteiger partial charge in [-0.3, -0.25) is 14.4 Å². The number of rotatable bonds is 9. The van der Waals surface area contributed by atoms with Crippen LogP contribution in [0.2, 0.25) is 0 Å². The van der Waals surface area contributed by atoms with E-state index in [1.165, 1.54) is 12.1 Å². The van der Waals surface area contributed by atoms with Gasteiger partial charge < -0.3 is 14.4 Å². The molecule has 0 unspecified atom stereocenters. The number of thiophene rings is 1. The molecule has 2 aromatic heterocycles. The maximum atomic E-state index is 13.5. The predicted molar refractivity (Wildman–Crippen MR) is 127 cm³/mol. The second kappa shape index (κ2) is 10.8. The van der Waals surface area contributed by atoms with E-state index in [2.05, 4.69) is 21.0 Å². The molecule has 1 aromatic carbocycles. The number of esters is 1. The van der Waals surface area contributed by atoms with Crippen molar-refractivity contribution in [2.75, 3.05) is 51.3 Å². The van der Waals surface area contributed by atoms with E-state index in [1.807, 2.05) is 17.6 Å². The number of aromatic nitrogens is 2. The lowest BCUT2D eigenvalue weighted by Gasteiger charge is -2.36. The Balaban J connectivity index is 1.39. The lowest BCUT2D eigenvalue weighted by molar-refractivity contribution is -0.144. The molecule has 4 rings (SSSR count). The summed E-state index contributed by atoms with van der Waals surface area (Å²) >= 11 is 1.64. The van der Waals surface area contributed by atoms with Gasteiger partial charge in [-0.2, -0.15) is 5.10 Å². The van der Waals surface area contributed by atoms with Gasteiger partial charge in [0.25, 0.3) is 0 Å². The molecule has 0 spiro atoms. The Morgan fingerprint density at radius 2 is 2.03 bits per heavy atom. The number of halogens is 1. The van der Waals surface area contributed by atoms with Crippen molar-refractivity contribution in [2.45, 2.75) is 19.9 Å². The predicted octanol–water partition coefficient (Wildman–Crippen LogP) is 3.69. The van der Waals surface area contributed by atoms with Crippen molar-refractivity contribution in [3.8, 4) is 16.3 Å². The van der Waals surface area contributed by atoms with E-state index in [0.29, 0.717) is 12.4 Å². The maximum absolute atomic E-state index is 13.5. The molecule has 1 saturated heterocycles. The third-order valence-corrected chi connectivity index (χ3v) is 6.68. The SMILES string of the molecule is CCOC(=O)Cn1ncc(CCN2CCN(c3ccc(F)cc3OC)CC2)c1-c1cccs1. The molecule has 1 aliphatic heterocycles. The summed E-state index contributed by atoms with van der Waals surface area (Å²) < 4.78 is 25.8. The summed E-state index contributed by atoms with van der Waals surface area (Å²) in [5, 5.41) is 6.52. The Hall–Kier alpha value is -2.91. The number of hydrogen-bond acceptors (Lipinski definition) is 7. The molecule has 0 bridgehead atoms. The van der Waals surface area contributed by atoms with E-state index in [9.17, 15) is 9.18 Å². The molecule has 176 valence electrons. The summed E-state index contributed by atoms with van der Waals surface area (Å²) in [5.74, 6) is -0.00497. The number of benzene rings is 1. The first-order valence-corrected chi connectivity index (χ1v) is 12.0. The Morgan fingerprint density at radius 1 is 1.21 bits per heavy atom. The van der Waals surface area contributed by atoms with Crippen LogP contribution in [0.4, 0.5) is 10.1 Å². The van der Waals surface area contributed by atoms with Crippen LogP contribution in [0, 0.1) is 5.82 Å². The van der Waals surface area contributed by atoms with Crippen molar-refractivity contribution in [1.29, 1.82) is 0 Å². The molecule has 0 radical (unpaired) electrons. The number of ether oxygens (including phenoxy) is 2. The first-order valence-electron chi connectivity index (χ1n) is 11.1. The molecular weight excluding hydrogens is 443 g/mol. The number of nitrogens with zero attached hydrogens (tertiary/aromatic N) is 4. The van der Waals surface area contributed by atoms with E-state index in [4.69, 9.17) is 9.47 Å². The quantitative estimate of drug-likeness (QED) is 0.443. The zero-order chi connectivity index (χ0) is 23.2. The normalized spacial score (nSPS) is 14.5. The number of anilines is 1. The van der Waals surface area contributed by atoms with Gasteiger partial charge in [-0.15, -0.1) is 11.3 Å². The fraction of sp³-hybridized carbons (Fsp3) is 0.417. The number of piperazine rings is 1. The van der Waals surface area contributed by atoms with E-state index in [1.54, 1.807) is 36.1 Å². The number of carbonyl (C=O) groups excluding carboxylic acids is 1. The number of methoxy groups -OCH3 is 1. The molecule has 3 heterocycles. The summed E-state index contributed by atoms with van der Waals surface area (Å²) in [7, 11) is 1.57. The molecule has 0 aliphatic carbocycles. The molecule has 1 fully saturated rings. The van der Waals surface area contributed by atoms with Gasteiger partial charge in [-0.25, -0.2) is 4.39 Å². The van der Waals surface area contributed by atoms with Crippen molar-refractivity contribution in [3.63, 3.8) is 0 Å². The molecule has 1 aliphatic rings. The summed E-state index contributed by atoms with van der Waals surface area (Å²) in [5.41, 5.74) is 3.05. The highest BCUT2D eigenvalue weighted by atomic mass is 32.1. The van der Waals surface area contributed by atoms with Gasteiger partial charge in [0.05, 0.1) is 36.2 Å². The monoisotopic (exact) mass is 472 g/mol. The number of carbonyl (C=O) groups is 1. The fourth-order valence-corrected chi connectivity index (χ4v) is 4.97. The van der Waals surface area contributed by atoms with Crippen LogP contribution in [-0.4, -0.2) is 67.1 Å². The van der Waals surface area contributed by atoms with Crippen LogP contribution >= 0.6 is 11.3 Å². The van der Waals surface area contributed by atoms with Gasteiger partial charge in [-0.05, 0) is 36.9 Å². The van der Waals surface area contributed by atoms with Crippen LogP contribution in [-0.2, 0) is 22.5 Å². The van der Waals surface area contributed by atoms with Gasteiger partial charge >= 0.3 is 5.97 Å². The van der Waals surface area contributed by atoms with E-state index in [0.717, 1.165) is 61.0 Å². The van der Waals surface area contributed by atoms with Crippen LogP contribution in [0.15, 0.2) is 41.9 Å². The molecule has 0 N–H and O–H groups in total. The average molecular weight is 473 g/mol. The molecule has 7 nitrogen and oxygen atoms in total. The van der Waals surface area contributed by atoms with Gasteiger partial charge in [0.15, 0.2) is 0 Å². The maximum Gasteiger partial charge on any atom is 0.327 e. The molecule has 0 atom stereocenters. The first kappa shape index (κ1) is 23.3. The molecule has 9 heteroatoms. The van der Waals surface area contributed by atoms with E-state index < -0.39 is 0 Å². The van der Waals surface area contributed by atoms with Gasteiger partial charge in [0, 0.05) is 44.4 Å². The molecule has 33 heavy (non-hydrogen) atoms. The molecular formula is C24H29FN4O3S. The summed E-state index contributed by atoms with van der Waals surface area (Å²) in [6.07, 6.45) is 2.71. The van der Waals surface area contributed by atoms with Crippen LogP contribution in [0.3, 0.4) is 0 Å². The lowest BCUT2D eigenvalue weighted by atomic mass is 10.1. The van der Waals surface area contributed by atoms with Crippen LogP contribution in [0.25, 0.3) is 10.6 Å². The Bertz CT molecular complexity index is 1060. The fourth-order valence-electron chi connectivity index (χ4n) is 4.16. The minimum absolute atomic E-state index is 0.110. The minimum atomic E-state index is -0.292. The van der Waals surface area contributed by atoms with Gasteiger partial charge in [0.2, 0.25) is 0 Å². The summed E-state index contributed by atoms with van der Waals surface area (Å²) in [4.78, 5) is 17.8. The van der Waals surface area contributed by atoms with E-state index in [-0.39, 0.29) is 18.3 Å². The second-order valence-corrected chi connectivity index (χ2v) is 8.80. The molecule has 3 aromatic rings. The third-order valence-electron chi connectivity index (χ3n) is 5.81. The largest absolute Gasteiger partial charge is 0.494 e. The second-order valence-electron chi connectivity index (χ2n) is 7.85. The van der Waals surface area contributed by atoms with Gasteiger partial charge in [-0.1, -0.05) is 6.07 Å². The van der Waals surface area contributed by atoms with Crippen molar-refractivity contribution in [1.82, 2.24) is 14.7 Å². The highest BCUT2D eigenvalue weighted by molar-refractivity contribution is 7.13. The van der Waals surface area contributed by atoms with Crippen molar-refractivity contribution >= 4 is 23.0 Å². The average Bonchev–Trinajstić information content (AvgIpc) is 3.48. The number of hydrogen-bond donors (Lipinski definition) is 0. The van der Waals surface area contributed by atoms with Crippen LogP contribution < -0.4 is 9.64 Å². The van der Waals surface area contributed by atoms with E-state index >= 15 is 0 Å². The van der Waals surface area contributed by atoms with Crippen molar-refractivity contribution in [2.24, 2.45) is 0 Å². The van der Waals surface area contributed by atoms with Crippen LogP contribution in [0.5, 0.6) is 5.75 Å². The first-order chi connectivity index (χ1) is 16.1. The van der Waals surface area contributed by atoms with Crippen molar-refractivity contribution < 1.29 is 18.7 Å². The highest BCUT2D eigenvalue weighted by Gasteiger charge is 2.22. The highest BCUT2D eigenvalue weighted by Crippen LogP contribution is 2.31. The van der Waals surface area contributed by atoms with Crippen LogP contribution in [0.1, 0.15) is 12.5 Å². The zero-order valence-corrected chi connectivity index (χ0v) is 19.8. The third kappa shape index (κ3) is 5.54. The summed E-state index contributed by atoms with van der Waals surface area (Å²) in [6, 6.07) is 8.76. The Labute approximate surface area is 197 Å². The zero-order valence-electron chi connectivity index (χ0n) is 19.0. The minimum Gasteiger partial charge on any atom is -0.494 e. The standard InChI is InChI=1S/C24H29FN4O3S/c1-3-32-23(30)17-29-24(22-5-4-14-33-22)18(16-26-29)8-9-27-10-12-28(13-11-27)20-7-6-19(25)15-21(20)31-2/h4-7,14-16H,3,8-13,17H2,1-2H3. The molecule has 0 amide bonds. The molecule has 0 saturated carbocycles. The Kier molecular flexibility index (Phi) is 7.61. The van der Waals surface area contributed by atoms with Crippen molar-refractivity contribution in [3.05, 3.63) is 53.3 Å². The smallest absolute Gasteiger partial charge is 0.327 e. The lowest BCUT2D eigenvalue weighted by Crippen LogP contribution is -2.47. The van der Waals surface area contributed by atoms with Gasteiger partial charge in [0.1, 0.15) is 18.1 Å². The Morgan fingerprint density at radius 3 is 2.73 bits per heavy atom.